The number of nitrogens with two attached hydrogens (primary N) is 1. The fourth-order valence-electron chi connectivity index (χ4n) is 2.34. The molecule has 0 aliphatic heterocycles. The molecule has 2 atom stereocenters. The lowest BCUT2D eigenvalue weighted by molar-refractivity contribution is 0.138. The maximum atomic E-state index is 14.1. The Labute approximate surface area is 127 Å². The molecular formula is C16H16ClF2NO. The number of halogens is 3. The Morgan fingerprint density at radius 2 is 1.95 bits per heavy atom. The molecule has 21 heavy (non-hydrogen) atoms. The number of hydrogen-bond acceptors (Lipinski definition) is 2. The van der Waals surface area contributed by atoms with E-state index in [1.165, 1.54) is 13.0 Å². The zero-order valence-corrected chi connectivity index (χ0v) is 12.2. The zero-order valence-electron chi connectivity index (χ0n) is 11.5. The first-order valence-corrected chi connectivity index (χ1v) is 6.91. The Morgan fingerprint density at radius 1 is 1.24 bits per heavy atom. The van der Waals surface area contributed by atoms with Crippen LogP contribution >= 0.6 is 11.6 Å². The fraction of sp³-hybridized carbons (Fsp3) is 0.250. The Morgan fingerprint density at radius 3 is 2.57 bits per heavy atom. The van der Waals surface area contributed by atoms with Gasteiger partial charge in [0.15, 0.2) is 0 Å². The lowest BCUT2D eigenvalue weighted by Gasteiger charge is -2.23. The van der Waals surface area contributed by atoms with Crippen LogP contribution in [0, 0.1) is 18.6 Å². The van der Waals surface area contributed by atoms with Gasteiger partial charge in [-0.25, -0.2) is 8.78 Å². The Balaban J connectivity index is 2.46. The lowest BCUT2D eigenvalue weighted by atomic mass is 9.88. The van der Waals surface area contributed by atoms with Crippen LogP contribution in [0.2, 0.25) is 5.02 Å². The molecular weight excluding hydrogens is 296 g/mol. The number of hydrogen-bond donors (Lipinski definition) is 2. The van der Waals surface area contributed by atoms with E-state index in [-0.39, 0.29) is 17.7 Å². The van der Waals surface area contributed by atoms with E-state index in [2.05, 4.69) is 0 Å². The van der Waals surface area contributed by atoms with Crippen molar-refractivity contribution in [2.75, 3.05) is 6.54 Å². The summed E-state index contributed by atoms with van der Waals surface area (Å²) in [4.78, 5) is 0. The molecule has 0 heterocycles. The van der Waals surface area contributed by atoms with Crippen molar-refractivity contribution in [2.45, 2.75) is 18.9 Å². The second-order valence-electron chi connectivity index (χ2n) is 4.93. The van der Waals surface area contributed by atoms with Gasteiger partial charge < -0.3 is 10.8 Å². The fourth-order valence-corrected chi connectivity index (χ4v) is 2.53. The van der Waals surface area contributed by atoms with Gasteiger partial charge in [-0.3, -0.25) is 0 Å². The second-order valence-corrected chi connectivity index (χ2v) is 5.37. The van der Waals surface area contributed by atoms with Gasteiger partial charge in [0.05, 0.1) is 11.7 Å². The summed E-state index contributed by atoms with van der Waals surface area (Å²) >= 11 is 5.91. The minimum Gasteiger partial charge on any atom is -0.388 e. The molecule has 5 heteroatoms. The number of aliphatic hydroxyl groups excluding tert-OH is 1. The van der Waals surface area contributed by atoms with Crippen LogP contribution in [0.15, 0.2) is 36.4 Å². The van der Waals surface area contributed by atoms with E-state index >= 15 is 0 Å². The molecule has 0 aliphatic rings. The van der Waals surface area contributed by atoms with Gasteiger partial charge in [-0.1, -0.05) is 29.8 Å². The molecule has 3 N–H and O–H groups in total. The van der Waals surface area contributed by atoms with E-state index < -0.39 is 23.7 Å². The minimum atomic E-state index is -1.38. The molecule has 2 unspecified atom stereocenters. The van der Waals surface area contributed by atoms with E-state index in [9.17, 15) is 13.9 Å². The highest BCUT2D eigenvalue weighted by Gasteiger charge is 2.27. The quantitative estimate of drug-likeness (QED) is 0.904. The first-order valence-electron chi connectivity index (χ1n) is 6.53. The molecule has 0 aromatic heterocycles. The van der Waals surface area contributed by atoms with Crippen molar-refractivity contribution in [3.63, 3.8) is 0 Å². The van der Waals surface area contributed by atoms with Gasteiger partial charge in [0.2, 0.25) is 0 Å². The smallest absolute Gasteiger partial charge is 0.134 e. The maximum absolute atomic E-state index is 14.1. The Hall–Kier alpha value is -1.49. The molecule has 0 aliphatic carbocycles. The highest BCUT2D eigenvalue weighted by Crippen LogP contribution is 2.34. The van der Waals surface area contributed by atoms with Crippen molar-refractivity contribution >= 4 is 11.6 Å². The van der Waals surface area contributed by atoms with Crippen LogP contribution < -0.4 is 5.73 Å². The molecule has 112 valence electrons. The third kappa shape index (κ3) is 3.23. The van der Waals surface area contributed by atoms with Gasteiger partial charge in [0.25, 0.3) is 0 Å². The van der Waals surface area contributed by atoms with Crippen molar-refractivity contribution in [1.29, 1.82) is 0 Å². The molecule has 2 nitrogen and oxygen atoms in total. The number of benzene rings is 2. The molecule has 2 rings (SSSR count). The Kier molecular flexibility index (Phi) is 4.93. The highest BCUT2D eigenvalue weighted by atomic mass is 35.5. The summed E-state index contributed by atoms with van der Waals surface area (Å²) in [5.41, 5.74) is 6.23. The van der Waals surface area contributed by atoms with Gasteiger partial charge in [-0.2, -0.15) is 0 Å². The first-order chi connectivity index (χ1) is 9.95. The molecule has 0 spiro atoms. The van der Waals surface area contributed by atoms with Gasteiger partial charge >= 0.3 is 0 Å². The number of aryl methyl sites for hydroxylation is 1. The molecule has 0 bridgehead atoms. The van der Waals surface area contributed by atoms with Gasteiger partial charge in [-0.05, 0) is 36.2 Å². The van der Waals surface area contributed by atoms with Gasteiger partial charge in [-0.15, -0.1) is 0 Å². The SMILES string of the molecule is Cc1ccc(F)c(C(O)C(CN)c2cccc(Cl)c2)c1F. The van der Waals surface area contributed by atoms with Crippen molar-refractivity contribution in [2.24, 2.45) is 5.73 Å². The van der Waals surface area contributed by atoms with E-state index in [1.807, 2.05) is 0 Å². The number of aliphatic hydroxyl groups is 1. The lowest BCUT2D eigenvalue weighted by Crippen LogP contribution is -2.22. The summed E-state index contributed by atoms with van der Waals surface area (Å²) in [6.07, 6.45) is -1.38. The van der Waals surface area contributed by atoms with E-state index in [1.54, 1.807) is 24.3 Å². The standard InChI is InChI=1S/C16H16ClF2NO/c1-9-5-6-13(18)14(15(9)19)16(21)12(8-20)10-3-2-4-11(17)7-10/h2-7,12,16,21H,8,20H2,1H3. The monoisotopic (exact) mass is 311 g/mol. The van der Waals surface area contributed by atoms with Crippen molar-refractivity contribution in [3.05, 3.63) is 69.7 Å². The third-order valence-electron chi connectivity index (χ3n) is 3.53. The summed E-state index contributed by atoms with van der Waals surface area (Å²) in [6, 6.07) is 9.21. The predicted octanol–water partition coefficient (Wildman–Crippen LogP) is 3.70. The van der Waals surface area contributed by atoms with Crippen molar-refractivity contribution in [3.8, 4) is 0 Å². The summed E-state index contributed by atoms with van der Waals surface area (Å²) in [6.45, 7) is 1.55. The van der Waals surface area contributed by atoms with Crippen LogP contribution in [0.3, 0.4) is 0 Å². The Bertz CT molecular complexity index is 648. The van der Waals surface area contributed by atoms with Crippen LogP contribution in [-0.2, 0) is 0 Å². The summed E-state index contributed by atoms with van der Waals surface area (Å²) in [5, 5.41) is 10.9. The first kappa shape index (κ1) is 15.9. The van der Waals surface area contributed by atoms with Gasteiger partial charge in [0.1, 0.15) is 11.6 Å². The molecule has 2 aromatic carbocycles. The average Bonchev–Trinajstić information content (AvgIpc) is 2.44. The highest BCUT2D eigenvalue weighted by molar-refractivity contribution is 6.30. The maximum Gasteiger partial charge on any atom is 0.134 e. The molecule has 0 amide bonds. The summed E-state index contributed by atoms with van der Waals surface area (Å²) in [5.74, 6) is -2.18. The average molecular weight is 312 g/mol. The second kappa shape index (κ2) is 6.52. The van der Waals surface area contributed by atoms with Crippen molar-refractivity contribution in [1.82, 2.24) is 0 Å². The van der Waals surface area contributed by atoms with Gasteiger partial charge in [0, 0.05) is 17.5 Å². The van der Waals surface area contributed by atoms with Crippen LogP contribution in [-0.4, -0.2) is 11.7 Å². The topological polar surface area (TPSA) is 46.2 Å². The summed E-state index contributed by atoms with van der Waals surface area (Å²) < 4.78 is 28.0. The zero-order chi connectivity index (χ0) is 15.6. The summed E-state index contributed by atoms with van der Waals surface area (Å²) in [7, 11) is 0. The van der Waals surface area contributed by atoms with Crippen LogP contribution in [0.25, 0.3) is 0 Å². The predicted molar refractivity (Wildman–Crippen MR) is 79.3 cm³/mol. The number of rotatable bonds is 4. The van der Waals surface area contributed by atoms with Crippen LogP contribution in [0.4, 0.5) is 8.78 Å². The molecule has 2 aromatic rings. The van der Waals surface area contributed by atoms with E-state index in [0.717, 1.165) is 6.07 Å². The third-order valence-corrected chi connectivity index (χ3v) is 3.76. The molecule has 0 fully saturated rings. The molecule has 0 radical (unpaired) electrons. The van der Waals surface area contributed by atoms with E-state index in [0.29, 0.717) is 10.6 Å². The van der Waals surface area contributed by atoms with Crippen molar-refractivity contribution < 1.29 is 13.9 Å². The molecule has 0 saturated heterocycles. The van der Waals surface area contributed by atoms with Crippen LogP contribution in [0.1, 0.15) is 28.7 Å². The largest absolute Gasteiger partial charge is 0.388 e. The molecule has 0 saturated carbocycles. The van der Waals surface area contributed by atoms with E-state index in [4.69, 9.17) is 17.3 Å². The minimum absolute atomic E-state index is 0.0360. The normalized spacial score (nSPS) is 14.0. The van der Waals surface area contributed by atoms with Crippen LogP contribution in [0.5, 0.6) is 0 Å².